The maximum Gasteiger partial charge on any atom is 0.411 e. The van der Waals surface area contributed by atoms with Crippen LogP contribution in [0.25, 0.3) is 0 Å². The van der Waals surface area contributed by atoms with Crippen molar-refractivity contribution in [2.75, 3.05) is 46.6 Å². The number of alkyl halides is 3. The summed E-state index contributed by atoms with van der Waals surface area (Å²) in [6.07, 6.45) is -4.40. The van der Waals surface area contributed by atoms with Gasteiger partial charge in [0.25, 0.3) is 0 Å². The molecule has 0 saturated heterocycles. The van der Waals surface area contributed by atoms with Crippen molar-refractivity contribution in [3.05, 3.63) is 0 Å². The Hall–Kier alpha value is -0.860. The van der Waals surface area contributed by atoms with Crippen LogP contribution in [0.2, 0.25) is 0 Å². The first-order valence-corrected chi connectivity index (χ1v) is 5.06. The minimum atomic E-state index is -4.40. The van der Waals surface area contributed by atoms with Crippen LogP contribution in [0.4, 0.5) is 13.2 Å². The van der Waals surface area contributed by atoms with Gasteiger partial charge in [0.05, 0.1) is 6.61 Å². The van der Waals surface area contributed by atoms with E-state index >= 15 is 0 Å². The van der Waals surface area contributed by atoms with Gasteiger partial charge in [0.2, 0.25) is 5.91 Å². The second-order valence-electron chi connectivity index (χ2n) is 3.20. The summed E-state index contributed by atoms with van der Waals surface area (Å²) >= 11 is 0. The van der Waals surface area contributed by atoms with Crippen LogP contribution in [0, 0.1) is 0 Å². The first-order valence-electron chi connectivity index (χ1n) is 5.06. The molecule has 0 unspecified atom stereocenters. The molecule has 0 aliphatic heterocycles. The van der Waals surface area contributed by atoms with Crippen LogP contribution in [-0.2, 0) is 14.3 Å². The highest BCUT2D eigenvalue weighted by Gasteiger charge is 2.27. The lowest BCUT2D eigenvalue weighted by atomic mass is 10.5. The maximum absolute atomic E-state index is 11.7. The van der Waals surface area contributed by atoms with Crippen LogP contribution in [0.5, 0.6) is 0 Å². The van der Waals surface area contributed by atoms with Gasteiger partial charge in [0, 0.05) is 26.7 Å². The number of ether oxygens (including phenoxy) is 2. The fraction of sp³-hybridized carbons (Fsp3) is 0.889. The molecule has 8 heteroatoms. The summed E-state index contributed by atoms with van der Waals surface area (Å²) in [6.45, 7) is 0.0654. The van der Waals surface area contributed by atoms with Crippen molar-refractivity contribution in [1.29, 1.82) is 0 Å². The average molecular weight is 258 g/mol. The normalized spacial score (nSPS) is 11.5. The molecule has 17 heavy (non-hydrogen) atoms. The zero-order valence-corrected chi connectivity index (χ0v) is 9.60. The highest BCUT2D eigenvalue weighted by Crippen LogP contribution is 2.13. The van der Waals surface area contributed by atoms with Crippen molar-refractivity contribution in [1.82, 2.24) is 10.6 Å². The Morgan fingerprint density at radius 3 is 2.53 bits per heavy atom. The zero-order valence-electron chi connectivity index (χ0n) is 9.60. The molecule has 0 heterocycles. The molecule has 0 spiro atoms. The number of nitrogens with one attached hydrogen (secondary N) is 2. The van der Waals surface area contributed by atoms with Gasteiger partial charge in [-0.25, -0.2) is 0 Å². The third kappa shape index (κ3) is 13.1. The van der Waals surface area contributed by atoms with E-state index < -0.39 is 25.3 Å². The number of carbonyl (C=O) groups excluding carboxylic acids is 1. The molecular weight excluding hydrogens is 241 g/mol. The second-order valence-corrected chi connectivity index (χ2v) is 3.20. The summed E-state index contributed by atoms with van der Waals surface area (Å²) in [5, 5.41) is 5.37. The van der Waals surface area contributed by atoms with Crippen LogP contribution >= 0.6 is 0 Å². The third-order valence-corrected chi connectivity index (χ3v) is 1.61. The lowest BCUT2D eigenvalue weighted by molar-refractivity contribution is -0.175. The van der Waals surface area contributed by atoms with E-state index in [4.69, 9.17) is 4.74 Å². The minimum Gasteiger partial charge on any atom is -0.383 e. The van der Waals surface area contributed by atoms with E-state index in [1.165, 1.54) is 0 Å². The average Bonchev–Trinajstić information content (AvgIpc) is 2.21. The van der Waals surface area contributed by atoms with Gasteiger partial charge in [-0.05, 0) is 0 Å². The number of rotatable bonds is 9. The summed E-state index contributed by atoms with van der Waals surface area (Å²) in [5.74, 6) is -0.567. The molecule has 0 atom stereocenters. The van der Waals surface area contributed by atoms with Gasteiger partial charge in [0.15, 0.2) is 0 Å². The van der Waals surface area contributed by atoms with E-state index in [2.05, 4.69) is 15.4 Å². The topological polar surface area (TPSA) is 59.6 Å². The van der Waals surface area contributed by atoms with E-state index in [9.17, 15) is 18.0 Å². The third-order valence-electron chi connectivity index (χ3n) is 1.61. The lowest BCUT2D eigenvalue weighted by Crippen LogP contribution is -2.35. The zero-order chi connectivity index (χ0) is 13.1. The summed E-state index contributed by atoms with van der Waals surface area (Å²) < 4.78 is 43.9. The molecule has 0 aliphatic rings. The van der Waals surface area contributed by atoms with E-state index in [0.29, 0.717) is 26.2 Å². The van der Waals surface area contributed by atoms with Crippen molar-refractivity contribution in [3.8, 4) is 0 Å². The molecule has 0 aromatic carbocycles. The SMILES string of the molecule is COCCNCCNC(=O)COCC(F)(F)F. The molecule has 0 aliphatic carbocycles. The Kier molecular flexibility index (Phi) is 8.73. The number of methoxy groups -OCH3 is 1. The quantitative estimate of drug-likeness (QED) is 0.568. The summed E-state index contributed by atoms with van der Waals surface area (Å²) in [4.78, 5) is 11.0. The van der Waals surface area contributed by atoms with Crippen LogP contribution in [0.1, 0.15) is 0 Å². The molecule has 2 N–H and O–H groups in total. The molecule has 0 rings (SSSR count). The van der Waals surface area contributed by atoms with E-state index in [1.54, 1.807) is 7.11 Å². The van der Waals surface area contributed by atoms with Crippen LogP contribution in [0.3, 0.4) is 0 Å². The van der Waals surface area contributed by atoms with Crippen molar-refractivity contribution in [3.63, 3.8) is 0 Å². The van der Waals surface area contributed by atoms with Gasteiger partial charge in [-0.1, -0.05) is 0 Å². The van der Waals surface area contributed by atoms with Gasteiger partial charge in [-0.3, -0.25) is 4.79 Å². The predicted molar refractivity (Wildman–Crippen MR) is 54.6 cm³/mol. The van der Waals surface area contributed by atoms with Gasteiger partial charge in [0.1, 0.15) is 13.2 Å². The predicted octanol–water partition coefficient (Wildman–Crippen LogP) is -0.0825. The Labute approximate surface area is 97.6 Å². The smallest absolute Gasteiger partial charge is 0.383 e. The van der Waals surface area contributed by atoms with Crippen molar-refractivity contribution < 1.29 is 27.4 Å². The van der Waals surface area contributed by atoms with Gasteiger partial charge in [-0.2, -0.15) is 13.2 Å². The van der Waals surface area contributed by atoms with Gasteiger partial charge in [-0.15, -0.1) is 0 Å². The summed E-state index contributed by atoms with van der Waals surface area (Å²) in [5.41, 5.74) is 0. The number of carbonyl (C=O) groups is 1. The number of halogens is 3. The Morgan fingerprint density at radius 2 is 1.94 bits per heavy atom. The van der Waals surface area contributed by atoms with Crippen LogP contribution < -0.4 is 10.6 Å². The molecule has 1 amide bonds. The number of hydrogen-bond acceptors (Lipinski definition) is 4. The van der Waals surface area contributed by atoms with Gasteiger partial charge >= 0.3 is 6.18 Å². The monoisotopic (exact) mass is 258 g/mol. The first-order chi connectivity index (χ1) is 7.95. The maximum atomic E-state index is 11.7. The molecule has 0 aromatic heterocycles. The highest BCUT2D eigenvalue weighted by atomic mass is 19.4. The first kappa shape index (κ1) is 16.1. The van der Waals surface area contributed by atoms with Gasteiger partial charge < -0.3 is 20.1 Å². The van der Waals surface area contributed by atoms with E-state index in [1.807, 2.05) is 0 Å². The van der Waals surface area contributed by atoms with Crippen LogP contribution in [-0.4, -0.2) is 58.6 Å². The Bertz CT molecular complexity index is 212. The molecule has 0 radical (unpaired) electrons. The van der Waals surface area contributed by atoms with E-state index in [-0.39, 0.29) is 0 Å². The number of amides is 1. The molecule has 0 aromatic rings. The highest BCUT2D eigenvalue weighted by molar-refractivity contribution is 5.77. The standard InChI is InChI=1S/C9H17F3N2O3/c1-16-5-4-13-2-3-14-8(15)6-17-7-9(10,11)12/h13H,2-7H2,1H3,(H,14,15). The van der Waals surface area contributed by atoms with Crippen molar-refractivity contribution >= 4 is 5.91 Å². The van der Waals surface area contributed by atoms with Crippen molar-refractivity contribution in [2.45, 2.75) is 6.18 Å². The fourth-order valence-electron chi connectivity index (χ4n) is 0.900. The molecular formula is C9H17F3N2O3. The molecule has 0 saturated carbocycles. The summed E-state index contributed by atoms with van der Waals surface area (Å²) in [7, 11) is 1.57. The fourth-order valence-corrected chi connectivity index (χ4v) is 0.900. The number of hydrogen-bond donors (Lipinski definition) is 2. The Morgan fingerprint density at radius 1 is 1.24 bits per heavy atom. The second kappa shape index (κ2) is 9.20. The van der Waals surface area contributed by atoms with Crippen LogP contribution in [0.15, 0.2) is 0 Å². The van der Waals surface area contributed by atoms with E-state index in [0.717, 1.165) is 0 Å². The molecule has 5 nitrogen and oxygen atoms in total. The van der Waals surface area contributed by atoms with Crippen molar-refractivity contribution in [2.24, 2.45) is 0 Å². The Balaban J connectivity index is 3.29. The largest absolute Gasteiger partial charge is 0.411 e. The lowest BCUT2D eigenvalue weighted by Gasteiger charge is -2.08. The minimum absolute atomic E-state index is 0.331. The molecule has 0 bridgehead atoms. The summed E-state index contributed by atoms with van der Waals surface area (Å²) in [6, 6.07) is 0. The molecule has 0 fully saturated rings. The molecule has 102 valence electrons.